The lowest BCUT2D eigenvalue weighted by atomic mass is 9.97. The molecular formula is C23H14O2. The molecule has 3 aromatic rings. The number of aliphatic hydroxyl groups excluding tert-OH is 1. The molecule has 0 radical (unpaired) electrons. The zero-order valence-corrected chi connectivity index (χ0v) is 13.4. The normalized spacial score (nSPS) is 13.0. The van der Waals surface area contributed by atoms with Crippen LogP contribution < -0.4 is 10.6 Å². The van der Waals surface area contributed by atoms with Crippen molar-refractivity contribution < 1.29 is 5.11 Å². The van der Waals surface area contributed by atoms with Gasteiger partial charge in [0.1, 0.15) is 5.76 Å². The second kappa shape index (κ2) is 5.05. The van der Waals surface area contributed by atoms with Crippen molar-refractivity contribution in [3.63, 3.8) is 0 Å². The maximum absolute atomic E-state index is 13.0. The Kier molecular flexibility index (Phi) is 2.83. The summed E-state index contributed by atoms with van der Waals surface area (Å²) in [5.74, 6) is 0.0264. The average Bonchev–Trinajstić information content (AvgIpc) is 3.00. The van der Waals surface area contributed by atoms with Crippen molar-refractivity contribution in [2.75, 3.05) is 0 Å². The van der Waals surface area contributed by atoms with Gasteiger partial charge in [0, 0.05) is 16.5 Å². The van der Waals surface area contributed by atoms with E-state index in [1.807, 2.05) is 60.7 Å². The largest absolute Gasteiger partial charge is 0.507 e. The summed E-state index contributed by atoms with van der Waals surface area (Å²) in [7, 11) is 0. The fraction of sp³-hybridized carbons (Fsp3) is 0. The molecule has 3 aromatic carbocycles. The van der Waals surface area contributed by atoms with Gasteiger partial charge in [-0.05, 0) is 27.8 Å². The SMILES string of the molecule is O=c1/c(=C(\O)c2ccccc2)cc2c3ccccc3c3cccc1c3-2. The highest BCUT2D eigenvalue weighted by Crippen LogP contribution is 2.41. The number of hydrogen-bond acceptors (Lipinski definition) is 2. The van der Waals surface area contributed by atoms with Gasteiger partial charge in [-0.25, -0.2) is 0 Å². The maximum Gasteiger partial charge on any atom is 0.197 e. The van der Waals surface area contributed by atoms with Crippen LogP contribution >= 0.6 is 0 Å². The van der Waals surface area contributed by atoms with Gasteiger partial charge in [-0.2, -0.15) is 0 Å². The highest BCUT2D eigenvalue weighted by atomic mass is 16.3. The smallest absolute Gasteiger partial charge is 0.197 e. The number of benzene rings is 4. The zero-order chi connectivity index (χ0) is 17.0. The molecule has 0 heterocycles. The number of fused-ring (bicyclic) bond motifs is 3. The molecule has 5 rings (SSSR count). The van der Waals surface area contributed by atoms with Gasteiger partial charge in [0.05, 0.1) is 5.22 Å². The molecule has 0 spiro atoms. The third kappa shape index (κ3) is 1.88. The summed E-state index contributed by atoms with van der Waals surface area (Å²) in [5, 5.41) is 15.1. The number of aliphatic hydroxyl groups is 1. The third-order valence-corrected chi connectivity index (χ3v) is 4.92. The first-order valence-corrected chi connectivity index (χ1v) is 8.24. The van der Waals surface area contributed by atoms with Crippen molar-refractivity contribution in [3.8, 4) is 11.1 Å². The minimum absolute atomic E-state index is 0.0264. The van der Waals surface area contributed by atoms with E-state index in [0.717, 1.165) is 27.3 Å². The van der Waals surface area contributed by atoms with E-state index in [0.29, 0.717) is 16.2 Å². The van der Waals surface area contributed by atoms with Gasteiger partial charge in [0.2, 0.25) is 0 Å². The second-order valence-corrected chi connectivity index (χ2v) is 6.29. The Bertz CT molecular complexity index is 1300. The van der Waals surface area contributed by atoms with Gasteiger partial charge in [-0.1, -0.05) is 72.8 Å². The topological polar surface area (TPSA) is 37.3 Å². The molecule has 118 valence electrons. The van der Waals surface area contributed by atoms with Gasteiger partial charge < -0.3 is 5.11 Å². The van der Waals surface area contributed by atoms with E-state index in [2.05, 4.69) is 18.2 Å². The molecule has 1 N–H and O–H groups in total. The summed E-state index contributed by atoms with van der Waals surface area (Å²) in [6, 6.07) is 25.0. The first-order valence-electron chi connectivity index (χ1n) is 8.24. The third-order valence-electron chi connectivity index (χ3n) is 4.92. The van der Waals surface area contributed by atoms with Crippen molar-refractivity contribution in [2.24, 2.45) is 0 Å². The summed E-state index contributed by atoms with van der Waals surface area (Å²) in [6.45, 7) is 0. The molecule has 2 aliphatic rings. The van der Waals surface area contributed by atoms with Crippen molar-refractivity contribution in [1.29, 1.82) is 0 Å². The van der Waals surface area contributed by atoms with Crippen molar-refractivity contribution in [1.82, 2.24) is 0 Å². The molecule has 0 unspecified atom stereocenters. The lowest BCUT2D eigenvalue weighted by Crippen LogP contribution is -2.28. The van der Waals surface area contributed by atoms with E-state index >= 15 is 0 Å². The fourth-order valence-corrected chi connectivity index (χ4v) is 3.78. The summed E-state index contributed by atoms with van der Waals surface area (Å²) in [5.41, 5.74) is 2.51. The molecule has 0 saturated heterocycles. The molecule has 2 heteroatoms. The molecule has 0 bridgehead atoms. The van der Waals surface area contributed by atoms with Crippen LogP contribution in [0.25, 0.3) is 38.4 Å². The Morgan fingerprint density at radius 2 is 1.32 bits per heavy atom. The van der Waals surface area contributed by atoms with Gasteiger partial charge in [-0.3, -0.25) is 4.79 Å². The highest BCUT2D eigenvalue weighted by Gasteiger charge is 2.20. The van der Waals surface area contributed by atoms with E-state index in [1.54, 1.807) is 0 Å². The summed E-state index contributed by atoms with van der Waals surface area (Å²) < 4.78 is 0. The van der Waals surface area contributed by atoms with Crippen LogP contribution in [0.15, 0.2) is 83.7 Å². The molecular weight excluding hydrogens is 308 g/mol. The van der Waals surface area contributed by atoms with Crippen LogP contribution in [0.1, 0.15) is 5.56 Å². The van der Waals surface area contributed by atoms with Crippen molar-refractivity contribution in [3.05, 3.63) is 99.9 Å². The van der Waals surface area contributed by atoms with Crippen LogP contribution in [-0.2, 0) is 0 Å². The van der Waals surface area contributed by atoms with Gasteiger partial charge in [0.25, 0.3) is 0 Å². The van der Waals surface area contributed by atoms with E-state index in [1.165, 1.54) is 0 Å². The predicted molar refractivity (Wildman–Crippen MR) is 102 cm³/mol. The van der Waals surface area contributed by atoms with Gasteiger partial charge in [0.15, 0.2) is 5.43 Å². The summed E-state index contributed by atoms with van der Waals surface area (Å²) in [6.07, 6.45) is 0. The summed E-state index contributed by atoms with van der Waals surface area (Å²) in [4.78, 5) is 13.0. The quantitative estimate of drug-likeness (QED) is 0.499. The van der Waals surface area contributed by atoms with Gasteiger partial charge >= 0.3 is 0 Å². The number of rotatable bonds is 1. The molecule has 25 heavy (non-hydrogen) atoms. The molecule has 0 amide bonds. The fourth-order valence-electron chi connectivity index (χ4n) is 3.78. The lowest BCUT2D eigenvalue weighted by Gasteiger charge is -2.06. The molecule has 0 fully saturated rings. The van der Waals surface area contributed by atoms with Crippen LogP contribution in [-0.4, -0.2) is 5.11 Å². The zero-order valence-electron chi connectivity index (χ0n) is 13.4. The Labute approximate surface area is 143 Å². The molecule has 0 aromatic heterocycles. The predicted octanol–water partition coefficient (Wildman–Crippen LogP) is 4.33. The Balaban J connectivity index is 2.05. The Hall–Kier alpha value is -3.39. The van der Waals surface area contributed by atoms with E-state index in [9.17, 15) is 9.90 Å². The molecule has 0 aliphatic heterocycles. The van der Waals surface area contributed by atoms with Crippen LogP contribution in [0, 0.1) is 0 Å². The maximum atomic E-state index is 13.0. The molecule has 0 saturated carbocycles. The van der Waals surface area contributed by atoms with Gasteiger partial charge in [-0.15, -0.1) is 0 Å². The average molecular weight is 322 g/mol. The number of hydrogen-bond donors (Lipinski definition) is 1. The minimum Gasteiger partial charge on any atom is -0.507 e. The first kappa shape index (κ1) is 14.0. The summed E-state index contributed by atoms with van der Waals surface area (Å²) >= 11 is 0. The Morgan fingerprint density at radius 3 is 2.12 bits per heavy atom. The van der Waals surface area contributed by atoms with E-state index in [-0.39, 0.29) is 11.2 Å². The van der Waals surface area contributed by atoms with E-state index in [4.69, 9.17) is 0 Å². The van der Waals surface area contributed by atoms with Crippen molar-refractivity contribution >= 4 is 27.3 Å². The molecule has 2 aliphatic carbocycles. The molecule has 2 nitrogen and oxygen atoms in total. The van der Waals surface area contributed by atoms with Crippen LogP contribution in [0.5, 0.6) is 0 Å². The first-order chi connectivity index (χ1) is 12.3. The van der Waals surface area contributed by atoms with E-state index < -0.39 is 0 Å². The molecule has 0 atom stereocenters. The van der Waals surface area contributed by atoms with Crippen LogP contribution in [0.3, 0.4) is 0 Å². The van der Waals surface area contributed by atoms with Crippen molar-refractivity contribution in [2.45, 2.75) is 0 Å². The van der Waals surface area contributed by atoms with Crippen LogP contribution in [0.2, 0.25) is 0 Å². The lowest BCUT2D eigenvalue weighted by molar-refractivity contribution is 0.507. The minimum atomic E-state index is -0.130. The highest BCUT2D eigenvalue weighted by molar-refractivity contribution is 6.21. The standard InChI is InChI=1S/C23H14O2/c24-22(14-7-2-1-3-8-14)20-13-19-16-10-5-4-9-15(16)17-11-6-12-18(21(17)19)23(20)25/h1-13,24H/b22-20-. The second-order valence-electron chi connectivity index (χ2n) is 6.29. The van der Waals surface area contributed by atoms with Crippen LogP contribution in [0.4, 0.5) is 0 Å². The monoisotopic (exact) mass is 322 g/mol. The Morgan fingerprint density at radius 1 is 0.680 bits per heavy atom.